The van der Waals surface area contributed by atoms with Crippen LogP contribution in [0.2, 0.25) is 0 Å². The van der Waals surface area contributed by atoms with E-state index in [4.69, 9.17) is 4.74 Å². The number of likely N-dealkylation sites (tertiary alicyclic amines) is 1. The number of carbonyl (C=O) groups excluding carboxylic acids is 2. The lowest BCUT2D eigenvalue weighted by Crippen LogP contribution is -2.48. The molecule has 2 atom stereocenters. The minimum atomic E-state index is -0.637. The van der Waals surface area contributed by atoms with Gasteiger partial charge in [0.25, 0.3) is 5.56 Å². The van der Waals surface area contributed by atoms with E-state index in [-0.39, 0.29) is 30.8 Å². The molecule has 0 radical (unpaired) electrons. The Morgan fingerprint density at radius 2 is 2.17 bits per heavy atom. The molecule has 0 aromatic carbocycles. The molecule has 0 aliphatic carbocycles. The fraction of sp³-hybridized carbons (Fsp3) is 0.600. The van der Waals surface area contributed by atoms with Gasteiger partial charge in [0.15, 0.2) is 5.72 Å². The van der Waals surface area contributed by atoms with Crippen LogP contribution in [0.5, 0.6) is 0 Å². The Labute approximate surface area is 136 Å². The summed E-state index contributed by atoms with van der Waals surface area (Å²) >= 11 is 0. The molecule has 3 saturated heterocycles. The topological polar surface area (TPSA) is 105 Å². The zero-order valence-corrected chi connectivity index (χ0v) is 13.1. The molecule has 4 rings (SSSR count). The number of aryl methyl sites for hydroxylation is 1. The van der Waals surface area contributed by atoms with E-state index in [2.05, 4.69) is 4.98 Å². The van der Waals surface area contributed by atoms with Crippen LogP contribution in [0.25, 0.3) is 0 Å². The van der Waals surface area contributed by atoms with Gasteiger partial charge in [0, 0.05) is 44.7 Å². The van der Waals surface area contributed by atoms with Gasteiger partial charge >= 0.3 is 5.69 Å². The largest absolute Gasteiger partial charge is 0.351 e. The van der Waals surface area contributed by atoms with Crippen LogP contribution in [0.3, 0.4) is 0 Å². The van der Waals surface area contributed by atoms with Crippen LogP contribution in [0.4, 0.5) is 0 Å². The molecular weight excluding hydrogens is 316 g/mol. The Hall–Kier alpha value is -2.42. The van der Waals surface area contributed by atoms with E-state index in [1.807, 2.05) is 0 Å². The average molecular weight is 334 g/mol. The van der Waals surface area contributed by atoms with Gasteiger partial charge in [0.2, 0.25) is 11.8 Å². The average Bonchev–Trinajstić information content (AvgIpc) is 3.17. The fourth-order valence-electron chi connectivity index (χ4n) is 4.07. The van der Waals surface area contributed by atoms with Crippen molar-refractivity contribution in [3.63, 3.8) is 0 Å². The molecule has 0 saturated carbocycles. The number of hydrogen-bond acceptors (Lipinski definition) is 5. The van der Waals surface area contributed by atoms with Crippen molar-refractivity contribution in [2.24, 2.45) is 0 Å². The maximum atomic E-state index is 12.6. The minimum absolute atomic E-state index is 0.0341. The van der Waals surface area contributed by atoms with Gasteiger partial charge in [-0.2, -0.15) is 0 Å². The predicted molar refractivity (Wildman–Crippen MR) is 81.1 cm³/mol. The van der Waals surface area contributed by atoms with Crippen molar-refractivity contribution in [1.82, 2.24) is 19.4 Å². The van der Waals surface area contributed by atoms with Gasteiger partial charge in [0.05, 0.1) is 19.1 Å². The summed E-state index contributed by atoms with van der Waals surface area (Å²) < 4.78 is 7.15. The van der Waals surface area contributed by atoms with Gasteiger partial charge in [0.1, 0.15) is 0 Å². The van der Waals surface area contributed by atoms with Crippen LogP contribution in [0.15, 0.2) is 21.9 Å². The Kier molecular flexibility index (Phi) is 3.34. The minimum Gasteiger partial charge on any atom is -0.351 e. The number of hydrogen-bond donors (Lipinski definition) is 1. The van der Waals surface area contributed by atoms with Gasteiger partial charge in [-0.05, 0) is 0 Å². The van der Waals surface area contributed by atoms with Crippen molar-refractivity contribution in [1.29, 1.82) is 0 Å². The van der Waals surface area contributed by atoms with Gasteiger partial charge < -0.3 is 19.1 Å². The molecule has 4 heterocycles. The molecule has 1 aromatic rings. The smallest absolute Gasteiger partial charge is 0.328 e. The van der Waals surface area contributed by atoms with Crippen molar-refractivity contribution < 1.29 is 14.3 Å². The van der Waals surface area contributed by atoms with Crippen LogP contribution >= 0.6 is 0 Å². The van der Waals surface area contributed by atoms with Crippen molar-refractivity contribution in [2.75, 3.05) is 19.7 Å². The third-order valence-corrected chi connectivity index (χ3v) is 5.18. The molecule has 3 aliphatic heterocycles. The zero-order valence-electron chi connectivity index (χ0n) is 13.1. The summed E-state index contributed by atoms with van der Waals surface area (Å²) in [6, 6.07) is 1.00. The molecular formula is C15H18N4O5. The van der Waals surface area contributed by atoms with Gasteiger partial charge in [-0.25, -0.2) is 4.79 Å². The standard InChI is InChI=1S/C15H18N4O5/c20-11-1-4-17(14(23)16-11)5-2-12(21)18-6-3-15-10(18)9-13(22)19(15)7-8-24-15/h1,4,10H,2-3,5-9H2,(H,16,20,23)/t10-,15+/m1/s1. The molecule has 24 heavy (non-hydrogen) atoms. The number of nitrogens with zero attached hydrogens (tertiary/aromatic N) is 3. The molecule has 0 unspecified atom stereocenters. The highest BCUT2D eigenvalue weighted by molar-refractivity contribution is 5.84. The second kappa shape index (κ2) is 5.30. The quantitative estimate of drug-likeness (QED) is 0.723. The first-order valence-corrected chi connectivity index (χ1v) is 8.05. The number of nitrogens with one attached hydrogen (secondary N) is 1. The number of rotatable bonds is 3. The molecule has 9 heteroatoms. The molecule has 3 fully saturated rings. The molecule has 3 aliphatic rings. The van der Waals surface area contributed by atoms with Crippen LogP contribution in [0.1, 0.15) is 19.3 Å². The summed E-state index contributed by atoms with van der Waals surface area (Å²) in [5.74, 6) is -0.0769. The van der Waals surface area contributed by atoms with Crippen LogP contribution in [0, 0.1) is 0 Å². The second-order valence-corrected chi connectivity index (χ2v) is 6.35. The first-order valence-electron chi connectivity index (χ1n) is 8.05. The van der Waals surface area contributed by atoms with Crippen molar-refractivity contribution in [3.8, 4) is 0 Å². The summed E-state index contributed by atoms with van der Waals surface area (Å²) in [4.78, 5) is 53.0. The Morgan fingerprint density at radius 1 is 1.33 bits per heavy atom. The van der Waals surface area contributed by atoms with Crippen LogP contribution in [-0.4, -0.2) is 62.6 Å². The number of aromatic nitrogens is 2. The van der Waals surface area contributed by atoms with E-state index < -0.39 is 17.0 Å². The predicted octanol–water partition coefficient (Wildman–Crippen LogP) is -1.51. The number of carbonyl (C=O) groups is 2. The van der Waals surface area contributed by atoms with Gasteiger partial charge in [-0.3, -0.25) is 19.4 Å². The number of amides is 2. The molecule has 1 N–H and O–H groups in total. The maximum Gasteiger partial charge on any atom is 0.328 e. The summed E-state index contributed by atoms with van der Waals surface area (Å²) in [5, 5.41) is 0. The second-order valence-electron chi connectivity index (χ2n) is 6.35. The number of aromatic amines is 1. The SMILES string of the molecule is O=C(CCn1ccc(=O)[nH]c1=O)N1CC[C@@]23OCCN2C(=O)C[C@@H]13. The monoisotopic (exact) mass is 334 g/mol. The fourth-order valence-corrected chi connectivity index (χ4v) is 4.07. The van der Waals surface area contributed by atoms with E-state index >= 15 is 0 Å². The first-order chi connectivity index (χ1) is 11.5. The highest BCUT2D eigenvalue weighted by Gasteiger charge is 2.62. The lowest BCUT2D eigenvalue weighted by molar-refractivity contribution is -0.139. The normalized spacial score (nSPS) is 28.3. The summed E-state index contributed by atoms with van der Waals surface area (Å²) in [6.07, 6.45) is 2.44. The van der Waals surface area contributed by atoms with E-state index in [0.717, 1.165) is 0 Å². The van der Waals surface area contributed by atoms with Crippen molar-refractivity contribution >= 4 is 11.8 Å². The molecule has 1 spiro atoms. The zero-order chi connectivity index (χ0) is 16.9. The number of H-pyrrole nitrogens is 1. The van der Waals surface area contributed by atoms with Gasteiger partial charge in [-0.15, -0.1) is 0 Å². The third-order valence-electron chi connectivity index (χ3n) is 5.18. The Bertz CT molecular complexity index is 815. The van der Waals surface area contributed by atoms with Crippen molar-refractivity contribution in [3.05, 3.63) is 33.1 Å². The maximum absolute atomic E-state index is 12.6. The van der Waals surface area contributed by atoms with Crippen LogP contribution < -0.4 is 11.2 Å². The molecule has 9 nitrogen and oxygen atoms in total. The Balaban J connectivity index is 1.47. The molecule has 1 aromatic heterocycles. The molecule has 128 valence electrons. The first kappa shape index (κ1) is 15.1. The number of ether oxygens (including phenoxy) is 1. The summed E-state index contributed by atoms with van der Waals surface area (Å²) in [6.45, 7) is 1.83. The van der Waals surface area contributed by atoms with Crippen molar-refractivity contribution in [2.45, 2.75) is 37.6 Å². The molecule has 0 bridgehead atoms. The lowest BCUT2D eigenvalue weighted by atomic mass is 10.1. The van der Waals surface area contributed by atoms with E-state index in [0.29, 0.717) is 32.5 Å². The summed E-state index contributed by atoms with van der Waals surface area (Å²) in [7, 11) is 0. The van der Waals surface area contributed by atoms with Crippen LogP contribution in [-0.2, 0) is 20.9 Å². The van der Waals surface area contributed by atoms with E-state index in [1.54, 1.807) is 9.80 Å². The van der Waals surface area contributed by atoms with E-state index in [1.165, 1.54) is 16.8 Å². The summed E-state index contributed by atoms with van der Waals surface area (Å²) in [5.41, 5.74) is -1.64. The molecule has 2 amide bonds. The Morgan fingerprint density at radius 3 is 2.96 bits per heavy atom. The highest BCUT2D eigenvalue weighted by Crippen LogP contribution is 2.45. The lowest BCUT2D eigenvalue weighted by Gasteiger charge is -2.31. The van der Waals surface area contributed by atoms with E-state index in [9.17, 15) is 19.2 Å². The third kappa shape index (κ3) is 2.11. The highest BCUT2D eigenvalue weighted by atomic mass is 16.5. The van der Waals surface area contributed by atoms with Gasteiger partial charge in [-0.1, -0.05) is 0 Å².